The Labute approximate surface area is 55.1 Å². The number of hydrogen-bond acceptors (Lipinski definition) is 3. The molecule has 1 rings (SSSR count). The highest BCUT2D eigenvalue weighted by molar-refractivity contribution is 5.81. The summed E-state index contributed by atoms with van der Waals surface area (Å²) in [6.07, 6.45) is 0. The van der Waals surface area contributed by atoms with Gasteiger partial charge in [-0.3, -0.25) is 4.99 Å². The van der Waals surface area contributed by atoms with Crippen LogP contribution in [0.5, 0.6) is 0 Å². The van der Waals surface area contributed by atoms with Crippen LogP contribution in [-0.2, 0) is 4.74 Å². The summed E-state index contributed by atoms with van der Waals surface area (Å²) in [7, 11) is 1.66. The van der Waals surface area contributed by atoms with Crippen LogP contribution in [0, 0.1) is 0 Å². The van der Waals surface area contributed by atoms with Crippen molar-refractivity contribution in [2.24, 2.45) is 4.99 Å². The highest BCUT2D eigenvalue weighted by Crippen LogP contribution is 1.94. The van der Waals surface area contributed by atoms with Crippen molar-refractivity contribution in [3.05, 3.63) is 0 Å². The second-order valence-electron chi connectivity index (χ2n) is 2.10. The van der Waals surface area contributed by atoms with Crippen LogP contribution in [0.25, 0.3) is 0 Å². The second kappa shape index (κ2) is 2.82. The molecule has 1 atom stereocenters. The zero-order valence-corrected chi connectivity index (χ0v) is 5.85. The minimum atomic E-state index is 0.295. The molecule has 9 heavy (non-hydrogen) atoms. The van der Waals surface area contributed by atoms with Crippen molar-refractivity contribution in [2.75, 3.05) is 20.2 Å². The lowest BCUT2D eigenvalue weighted by Gasteiger charge is -2.18. The van der Waals surface area contributed by atoms with E-state index in [2.05, 4.69) is 10.3 Å². The number of hydrogen-bond donors (Lipinski definition) is 1. The van der Waals surface area contributed by atoms with Crippen LogP contribution < -0.4 is 5.32 Å². The van der Waals surface area contributed by atoms with Crippen molar-refractivity contribution >= 4 is 5.90 Å². The summed E-state index contributed by atoms with van der Waals surface area (Å²) in [4.78, 5) is 4.16. The summed E-state index contributed by atoms with van der Waals surface area (Å²) in [5.41, 5.74) is 0. The van der Waals surface area contributed by atoms with Crippen molar-refractivity contribution in [1.82, 2.24) is 5.32 Å². The third-order valence-corrected chi connectivity index (χ3v) is 1.41. The molecule has 1 unspecified atom stereocenters. The molecule has 0 spiro atoms. The molecule has 3 nitrogen and oxygen atoms in total. The number of methoxy groups -OCH3 is 1. The van der Waals surface area contributed by atoms with Crippen molar-refractivity contribution in [1.29, 1.82) is 0 Å². The number of ether oxygens (including phenoxy) is 1. The Balaban J connectivity index is 2.53. The van der Waals surface area contributed by atoms with E-state index in [0.717, 1.165) is 19.0 Å². The zero-order chi connectivity index (χ0) is 6.69. The molecule has 52 valence electrons. The van der Waals surface area contributed by atoms with E-state index in [0.29, 0.717) is 6.04 Å². The van der Waals surface area contributed by atoms with Crippen molar-refractivity contribution in [3.63, 3.8) is 0 Å². The average Bonchev–Trinajstić information content (AvgIpc) is 1.89. The van der Waals surface area contributed by atoms with E-state index in [1.165, 1.54) is 0 Å². The molecule has 1 aliphatic rings. The highest BCUT2D eigenvalue weighted by Gasteiger charge is 2.12. The summed E-state index contributed by atoms with van der Waals surface area (Å²) in [5, 5.41) is 3.23. The molecule has 1 aliphatic heterocycles. The monoisotopic (exact) mass is 128 g/mol. The van der Waals surface area contributed by atoms with Gasteiger partial charge in [0.15, 0.2) is 5.90 Å². The standard InChI is InChI=1S/C6H12N2O/c1-5-6(9-2)8-4-3-7-5/h5,7H,3-4H2,1-2H3. The Hall–Kier alpha value is -0.570. The molecule has 0 aromatic carbocycles. The third kappa shape index (κ3) is 1.42. The minimum Gasteiger partial charge on any atom is -0.483 e. The van der Waals surface area contributed by atoms with Gasteiger partial charge < -0.3 is 10.1 Å². The Morgan fingerprint density at radius 1 is 1.78 bits per heavy atom. The van der Waals surface area contributed by atoms with E-state index >= 15 is 0 Å². The maximum atomic E-state index is 4.99. The number of nitrogens with one attached hydrogen (secondary N) is 1. The molecule has 0 aromatic rings. The predicted octanol–water partition coefficient (Wildman–Crippen LogP) is 0.0230. The smallest absolute Gasteiger partial charge is 0.200 e. The lowest BCUT2D eigenvalue weighted by Crippen LogP contribution is -2.40. The van der Waals surface area contributed by atoms with E-state index in [-0.39, 0.29) is 0 Å². The molecule has 3 heteroatoms. The first-order chi connectivity index (χ1) is 4.34. The summed E-state index contributed by atoms with van der Waals surface area (Å²) in [6.45, 7) is 3.85. The topological polar surface area (TPSA) is 33.6 Å². The van der Waals surface area contributed by atoms with E-state index in [9.17, 15) is 0 Å². The first-order valence-corrected chi connectivity index (χ1v) is 3.16. The molecule has 0 saturated heterocycles. The van der Waals surface area contributed by atoms with Gasteiger partial charge in [0.25, 0.3) is 0 Å². The van der Waals surface area contributed by atoms with E-state index in [1.54, 1.807) is 7.11 Å². The zero-order valence-electron chi connectivity index (χ0n) is 5.85. The van der Waals surface area contributed by atoms with E-state index in [4.69, 9.17) is 4.74 Å². The number of nitrogens with zero attached hydrogens (tertiary/aromatic N) is 1. The van der Waals surface area contributed by atoms with Gasteiger partial charge in [-0.25, -0.2) is 0 Å². The van der Waals surface area contributed by atoms with Gasteiger partial charge in [-0.2, -0.15) is 0 Å². The maximum absolute atomic E-state index is 4.99. The summed E-state index contributed by atoms with van der Waals surface area (Å²) < 4.78 is 4.99. The van der Waals surface area contributed by atoms with Gasteiger partial charge in [-0.05, 0) is 6.92 Å². The van der Waals surface area contributed by atoms with Crippen molar-refractivity contribution < 1.29 is 4.74 Å². The molecule has 0 saturated carbocycles. The summed E-state index contributed by atoms with van der Waals surface area (Å²) in [5.74, 6) is 0.821. The average molecular weight is 128 g/mol. The summed E-state index contributed by atoms with van der Waals surface area (Å²) in [6, 6.07) is 0.295. The van der Waals surface area contributed by atoms with Crippen LogP contribution in [0.4, 0.5) is 0 Å². The first kappa shape index (κ1) is 6.55. The van der Waals surface area contributed by atoms with Gasteiger partial charge in [-0.1, -0.05) is 0 Å². The largest absolute Gasteiger partial charge is 0.483 e. The van der Waals surface area contributed by atoms with Gasteiger partial charge in [0.2, 0.25) is 0 Å². The maximum Gasteiger partial charge on any atom is 0.200 e. The van der Waals surface area contributed by atoms with Crippen molar-refractivity contribution in [3.8, 4) is 0 Å². The van der Waals surface area contributed by atoms with Crippen molar-refractivity contribution in [2.45, 2.75) is 13.0 Å². The molecule has 0 radical (unpaired) electrons. The minimum absolute atomic E-state index is 0.295. The number of rotatable bonds is 0. The molecular formula is C6H12N2O. The SMILES string of the molecule is COC1=NCCNC1C. The first-order valence-electron chi connectivity index (χ1n) is 3.16. The van der Waals surface area contributed by atoms with Gasteiger partial charge >= 0.3 is 0 Å². The van der Waals surface area contributed by atoms with Crippen LogP contribution in [0.2, 0.25) is 0 Å². The van der Waals surface area contributed by atoms with Crippen LogP contribution in [0.15, 0.2) is 4.99 Å². The van der Waals surface area contributed by atoms with E-state index < -0.39 is 0 Å². The van der Waals surface area contributed by atoms with Crippen LogP contribution in [0.3, 0.4) is 0 Å². The fourth-order valence-corrected chi connectivity index (χ4v) is 0.913. The molecule has 1 N–H and O–H groups in total. The lowest BCUT2D eigenvalue weighted by molar-refractivity contribution is 0.363. The predicted molar refractivity (Wildman–Crippen MR) is 36.8 cm³/mol. The molecule has 0 fully saturated rings. The normalized spacial score (nSPS) is 27.3. The lowest BCUT2D eigenvalue weighted by atomic mass is 10.3. The fourth-order valence-electron chi connectivity index (χ4n) is 0.913. The Bertz CT molecular complexity index is 122. The molecule has 0 aromatic heterocycles. The molecule has 0 bridgehead atoms. The second-order valence-corrected chi connectivity index (χ2v) is 2.10. The summed E-state index contributed by atoms with van der Waals surface area (Å²) >= 11 is 0. The molecular weight excluding hydrogens is 116 g/mol. The Morgan fingerprint density at radius 2 is 2.56 bits per heavy atom. The van der Waals surface area contributed by atoms with Gasteiger partial charge in [0, 0.05) is 6.54 Å². The molecule has 1 heterocycles. The fraction of sp³-hybridized carbons (Fsp3) is 0.833. The highest BCUT2D eigenvalue weighted by atomic mass is 16.5. The Morgan fingerprint density at radius 3 is 3.00 bits per heavy atom. The molecule has 0 aliphatic carbocycles. The van der Waals surface area contributed by atoms with Crippen LogP contribution in [-0.4, -0.2) is 32.1 Å². The number of aliphatic imine (C=N–C) groups is 1. The van der Waals surface area contributed by atoms with Crippen LogP contribution in [0.1, 0.15) is 6.92 Å². The van der Waals surface area contributed by atoms with Gasteiger partial charge in [0.05, 0.1) is 19.7 Å². The third-order valence-electron chi connectivity index (χ3n) is 1.41. The van der Waals surface area contributed by atoms with Gasteiger partial charge in [-0.15, -0.1) is 0 Å². The molecule has 0 amide bonds. The Kier molecular flexibility index (Phi) is 2.05. The van der Waals surface area contributed by atoms with E-state index in [1.807, 2.05) is 6.92 Å². The van der Waals surface area contributed by atoms with Crippen LogP contribution >= 0.6 is 0 Å². The van der Waals surface area contributed by atoms with Gasteiger partial charge in [0.1, 0.15) is 0 Å². The quantitative estimate of drug-likeness (QED) is 0.499.